The fourth-order valence-corrected chi connectivity index (χ4v) is 2.15. The Hall–Kier alpha value is -0.570. The molecule has 0 aromatic heterocycles. The van der Waals surface area contributed by atoms with Crippen molar-refractivity contribution in [2.75, 3.05) is 19.6 Å². The van der Waals surface area contributed by atoms with Crippen molar-refractivity contribution in [2.45, 2.75) is 78.1 Å². The average molecular weight is 270 g/mol. The number of hydrogen-bond donors (Lipinski definition) is 2. The summed E-state index contributed by atoms with van der Waals surface area (Å²) >= 11 is 0. The Morgan fingerprint density at radius 2 is 1.37 bits per heavy atom. The van der Waals surface area contributed by atoms with E-state index >= 15 is 0 Å². The second kappa shape index (κ2) is 15.5. The Morgan fingerprint density at radius 3 is 1.95 bits per heavy atom. The van der Waals surface area contributed by atoms with Gasteiger partial charge in [-0.05, 0) is 13.0 Å². The largest absolute Gasteiger partial charge is 0.355 e. The standard InChI is InChI=1S/C16H34N2O/c1-3-5-6-7-8-9-10-11-12-13-16(19)18-15-14-17-4-2/h17H,3-15H2,1-2H3,(H,18,19). The van der Waals surface area contributed by atoms with Crippen LogP contribution in [-0.2, 0) is 4.79 Å². The minimum Gasteiger partial charge on any atom is -0.355 e. The predicted octanol–water partition coefficient (Wildman–Crippen LogP) is 3.63. The number of nitrogens with one attached hydrogen (secondary N) is 2. The lowest BCUT2D eigenvalue weighted by atomic mass is 10.1. The molecule has 0 bridgehead atoms. The molecule has 114 valence electrons. The van der Waals surface area contributed by atoms with Gasteiger partial charge in [0.1, 0.15) is 0 Å². The highest BCUT2D eigenvalue weighted by Gasteiger charge is 1.99. The van der Waals surface area contributed by atoms with E-state index in [1.165, 1.54) is 51.4 Å². The maximum Gasteiger partial charge on any atom is 0.220 e. The van der Waals surface area contributed by atoms with Gasteiger partial charge in [-0.15, -0.1) is 0 Å². The van der Waals surface area contributed by atoms with Gasteiger partial charge in [0.15, 0.2) is 0 Å². The molecule has 2 N–H and O–H groups in total. The lowest BCUT2D eigenvalue weighted by molar-refractivity contribution is -0.121. The second-order valence-corrected chi connectivity index (χ2v) is 5.28. The smallest absolute Gasteiger partial charge is 0.220 e. The molecule has 0 rings (SSSR count). The normalized spacial score (nSPS) is 10.6. The summed E-state index contributed by atoms with van der Waals surface area (Å²) in [6.45, 7) is 6.92. The van der Waals surface area contributed by atoms with Gasteiger partial charge in [0.2, 0.25) is 5.91 Å². The minimum atomic E-state index is 0.209. The summed E-state index contributed by atoms with van der Waals surface area (Å²) < 4.78 is 0. The topological polar surface area (TPSA) is 41.1 Å². The summed E-state index contributed by atoms with van der Waals surface area (Å²) in [6.07, 6.45) is 12.4. The molecule has 0 aliphatic heterocycles. The molecule has 3 heteroatoms. The number of unbranched alkanes of at least 4 members (excludes halogenated alkanes) is 8. The van der Waals surface area contributed by atoms with Gasteiger partial charge in [0.25, 0.3) is 0 Å². The van der Waals surface area contributed by atoms with Crippen molar-refractivity contribution in [3.63, 3.8) is 0 Å². The predicted molar refractivity (Wildman–Crippen MR) is 83.4 cm³/mol. The Kier molecular flexibility index (Phi) is 15.0. The van der Waals surface area contributed by atoms with Crippen LogP contribution in [0, 0.1) is 0 Å². The van der Waals surface area contributed by atoms with Crippen molar-refractivity contribution in [3.8, 4) is 0 Å². The van der Waals surface area contributed by atoms with E-state index in [1.54, 1.807) is 0 Å². The Bertz CT molecular complexity index is 195. The molecule has 0 aromatic carbocycles. The molecule has 0 aromatic rings. The third-order valence-corrected chi connectivity index (χ3v) is 3.38. The van der Waals surface area contributed by atoms with Crippen LogP contribution in [0.5, 0.6) is 0 Å². The van der Waals surface area contributed by atoms with Gasteiger partial charge in [-0.1, -0.05) is 65.2 Å². The molecule has 0 aliphatic carbocycles. The van der Waals surface area contributed by atoms with E-state index in [1.807, 2.05) is 0 Å². The summed E-state index contributed by atoms with van der Waals surface area (Å²) in [6, 6.07) is 0. The zero-order valence-corrected chi connectivity index (χ0v) is 13.1. The quantitative estimate of drug-likeness (QED) is 0.473. The number of amides is 1. The first-order chi connectivity index (χ1) is 9.31. The van der Waals surface area contributed by atoms with Crippen molar-refractivity contribution >= 4 is 5.91 Å². The van der Waals surface area contributed by atoms with Crippen molar-refractivity contribution in [1.82, 2.24) is 10.6 Å². The van der Waals surface area contributed by atoms with Crippen LogP contribution in [0.2, 0.25) is 0 Å². The van der Waals surface area contributed by atoms with Gasteiger partial charge in [0.05, 0.1) is 0 Å². The molecule has 3 nitrogen and oxygen atoms in total. The fraction of sp³-hybridized carbons (Fsp3) is 0.938. The lowest BCUT2D eigenvalue weighted by Gasteiger charge is -2.05. The van der Waals surface area contributed by atoms with E-state index < -0.39 is 0 Å². The molecule has 0 radical (unpaired) electrons. The molecule has 19 heavy (non-hydrogen) atoms. The number of rotatable bonds is 14. The SMILES string of the molecule is CCCCCCCCCCCC(=O)NCCNCC. The van der Waals surface area contributed by atoms with Crippen molar-refractivity contribution in [2.24, 2.45) is 0 Å². The molecule has 0 saturated heterocycles. The Morgan fingerprint density at radius 1 is 0.789 bits per heavy atom. The highest BCUT2D eigenvalue weighted by atomic mass is 16.1. The second-order valence-electron chi connectivity index (χ2n) is 5.28. The van der Waals surface area contributed by atoms with E-state index in [0.717, 1.165) is 26.1 Å². The Balaban J connectivity index is 3.10. The van der Waals surface area contributed by atoms with E-state index in [0.29, 0.717) is 6.42 Å². The Labute approximate surface area is 119 Å². The van der Waals surface area contributed by atoms with E-state index in [-0.39, 0.29) is 5.91 Å². The zero-order valence-electron chi connectivity index (χ0n) is 13.1. The van der Waals surface area contributed by atoms with Crippen LogP contribution in [0.1, 0.15) is 78.1 Å². The first-order valence-corrected chi connectivity index (χ1v) is 8.28. The fourth-order valence-electron chi connectivity index (χ4n) is 2.15. The molecule has 0 unspecified atom stereocenters. The van der Waals surface area contributed by atoms with Crippen LogP contribution in [0.3, 0.4) is 0 Å². The van der Waals surface area contributed by atoms with Gasteiger partial charge in [-0.25, -0.2) is 0 Å². The molecular weight excluding hydrogens is 236 g/mol. The summed E-state index contributed by atoms with van der Waals surface area (Å²) in [5.41, 5.74) is 0. The van der Waals surface area contributed by atoms with Crippen LogP contribution < -0.4 is 10.6 Å². The van der Waals surface area contributed by atoms with Gasteiger partial charge < -0.3 is 10.6 Å². The average Bonchev–Trinajstić information content (AvgIpc) is 2.42. The summed E-state index contributed by atoms with van der Waals surface area (Å²) in [5.74, 6) is 0.209. The first-order valence-electron chi connectivity index (χ1n) is 8.28. The third kappa shape index (κ3) is 15.4. The van der Waals surface area contributed by atoms with Crippen molar-refractivity contribution in [3.05, 3.63) is 0 Å². The maximum atomic E-state index is 11.5. The molecule has 1 amide bonds. The van der Waals surface area contributed by atoms with Crippen molar-refractivity contribution in [1.29, 1.82) is 0 Å². The molecule has 0 saturated carbocycles. The lowest BCUT2D eigenvalue weighted by Crippen LogP contribution is -2.31. The minimum absolute atomic E-state index is 0.209. The van der Waals surface area contributed by atoms with Crippen LogP contribution in [0.4, 0.5) is 0 Å². The summed E-state index contributed by atoms with van der Waals surface area (Å²) in [4.78, 5) is 11.5. The molecule has 0 fully saturated rings. The van der Waals surface area contributed by atoms with Crippen molar-refractivity contribution < 1.29 is 4.79 Å². The van der Waals surface area contributed by atoms with Crippen LogP contribution >= 0.6 is 0 Å². The number of likely N-dealkylation sites (N-methyl/N-ethyl adjacent to an activating group) is 1. The molecule has 0 atom stereocenters. The van der Waals surface area contributed by atoms with Crippen LogP contribution in [0.25, 0.3) is 0 Å². The third-order valence-electron chi connectivity index (χ3n) is 3.38. The number of hydrogen-bond acceptors (Lipinski definition) is 2. The van der Waals surface area contributed by atoms with E-state index in [2.05, 4.69) is 24.5 Å². The van der Waals surface area contributed by atoms with E-state index in [9.17, 15) is 4.79 Å². The summed E-state index contributed by atoms with van der Waals surface area (Å²) in [5, 5.41) is 6.14. The highest BCUT2D eigenvalue weighted by molar-refractivity contribution is 5.75. The van der Waals surface area contributed by atoms with Gasteiger partial charge in [-0.3, -0.25) is 4.79 Å². The maximum absolute atomic E-state index is 11.5. The molecule has 0 aliphatic rings. The molecule has 0 heterocycles. The first kappa shape index (κ1) is 18.4. The highest BCUT2D eigenvalue weighted by Crippen LogP contribution is 2.10. The van der Waals surface area contributed by atoms with Gasteiger partial charge in [0, 0.05) is 19.5 Å². The number of carbonyl (C=O) groups is 1. The van der Waals surface area contributed by atoms with Crippen LogP contribution in [0.15, 0.2) is 0 Å². The van der Waals surface area contributed by atoms with Crippen LogP contribution in [-0.4, -0.2) is 25.5 Å². The summed E-state index contributed by atoms with van der Waals surface area (Å²) in [7, 11) is 0. The zero-order chi connectivity index (χ0) is 14.2. The monoisotopic (exact) mass is 270 g/mol. The van der Waals surface area contributed by atoms with Gasteiger partial charge >= 0.3 is 0 Å². The molecular formula is C16H34N2O. The molecule has 0 spiro atoms. The van der Waals surface area contributed by atoms with E-state index in [4.69, 9.17) is 0 Å². The number of carbonyl (C=O) groups excluding carboxylic acids is 1. The van der Waals surface area contributed by atoms with Gasteiger partial charge in [-0.2, -0.15) is 0 Å².